The summed E-state index contributed by atoms with van der Waals surface area (Å²) in [6.07, 6.45) is 4.60. The van der Waals surface area contributed by atoms with E-state index in [9.17, 15) is 0 Å². The minimum absolute atomic E-state index is 0.00618. The van der Waals surface area contributed by atoms with E-state index in [1.54, 1.807) is 12.5 Å². The smallest absolute Gasteiger partial charge is 0.0947 e. The van der Waals surface area contributed by atoms with Gasteiger partial charge in [0, 0.05) is 36.7 Å². The van der Waals surface area contributed by atoms with Crippen LogP contribution < -0.4 is 5.73 Å². The lowest BCUT2D eigenvalue weighted by Gasteiger charge is -2.42. The van der Waals surface area contributed by atoms with E-state index in [2.05, 4.69) is 18.9 Å². The number of nitrogens with two attached hydrogens (primary N) is 1. The molecule has 1 aromatic heterocycles. The van der Waals surface area contributed by atoms with Crippen molar-refractivity contribution in [1.82, 2.24) is 4.90 Å². The summed E-state index contributed by atoms with van der Waals surface area (Å²) in [7, 11) is 2.12. The average Bonchev–Trinajstić information content (AvgIpc) is 3.00. The van der Waals surface area contributed by atoms with Gasteiger partial charge in [-0.15, -0.1) is 0 Å². The van der Waals surface area contributed by atoms with E-state index in [-0.39, 0.29) is 5.54 Å². The van der Waals surface area contributed by atoms with Crippen LogP contribution in [0.4, 0.5) is 0 Å². The number of hydrogen-bond acceptors (Lipinski definition) is 4. The zero-order valence-electron chi connectivity index (χ0n) is 10.7. The number of likely N-dealkylation sites (N-methyl/N-ethyl adjacent to an activating group) is 1. The lowest BCUT2D eigenvalue weighted by Crippen LogP contribution is -2.54. The van der Waals surface area contributed by atoms with Crippen molar-refractivity contribution in [3.63, 3.8) is 0 Å². The maximum absolute atomic E-state index is 6.00. The largest absolute Gasteiger partial charge is 0.472 e. The van der Waals surface area contributed by atoms with Crippen LogP contribution in [0.15, 0.2) is 23.0 Å². The van der Waals surface area contributed by atoms with Gasteiger partial charge in [0.25, 0.3) is 0 Å². The highest BCUT2D eigenvalue weighted by Gasteiger charge is 2.38. The molecule has 4 heteroatoms. The van der Waals surface area contributed by atoms with E-state index in [1.165, 1.54) is 5.56 Å². The number of nitrogens with zero attached hydrogens (tertiary/aromatic N) is 1. The van der Waals surface area contributed by atoms with Crippen molar-refractivity contribution >= 4 is 0 Å². The Labute approximate surface area is 103 Å². The molecule has 0 radical (unpaired) electrons. The van der Waals surface area contributed by atoms with E-state index in [1.807, 2.05) is 6.07 Å². The molecule has 1 aliphatic rings. The molecule has 2 atom stereocenters. The van der Waals surface area contributed by atoms with Crippen LogP contribution in [-0.4, -0.2) is 37.2 Å². The van der Waals surface area contributed by atoms with Gasteiger partial charge in [-0.3, -0.25) is 4.90 Å². The molecule has 1 saturated heterocycles. The number of rotatable bonds is 5. The SMILES string of the molecule is CN(Cc1ccoc1)C(C)(CN)C1CCOC1. The Balaban J connectivity index is 2.05. The molecule has 2 unspecified atom stereocenters. The minimum atomic E-state index is -0.00618. The van der Waals surface area contributed by atoms with Crippen molar-refractivity contribution in [2.75, 3.05) is 26.8 Å². The van der Waals surface area contributed by atoms with Crippen molar-refractivity contribution in [3.05, 3.63) is 24.2 Å². The van der Waals surface area contributed by atoms with Gasteiger partial charge >= 0.3 is 0 Å². The fourth-order valence-corrected chi connectivity index (χ4v) is 2.50. The second-order valence-corrected chi connectivity index (χ2v) is 5.11. The first-order chi connectivity index (χ1) is 8.16. The van der Waals surface area contributed by atoms with Gasteiger partial charge in [-0.1, -0.05) is 0 Å². The third-order valence-electron chi connectivity index (χ3n) is 4.09. The molecule has 0 amide bonds. The molecule has 0 spiro atoms. The molecule has 1 aliphatic heterocycles. The van der Waals surface area contributed by atoms with E-state index in [0.29, 0.717) is 12.5 Å². The van der Waals surface area contributed by atoms with Gasteiger partial charge in [0.05, 0.1) is 19.1 Å². The summed E-state index contributed by atoms with van der Waals surface area (Å²) in [4.78, 5) is 2.32. The van der Waals surface area contributed by atoms with Crippen molar-refractivity contribution in [2.24, 2.45) is 11.7 Å². The van der Waals surface area contributed by atoms with Crippen LogP contribution in [-0.2, 0) is 11.3 Å². The topological polar surface area (TPSA) is 51.6 Å². The molecule has 17 heavy (non-hydrogen) atoms. The van der Waals surface area contributed by atoms with Gasteiger partial charge < -0.3 is 14.9 Å². The maximum atomic E-state index is 6.00. The third kappa shape index (κ3) is 2.54. The Morgan fingerprint density at radius 3 is 2.94 bits per heavy atom. The molecule has 4 nitrogen and oxygen atoms in total. The molecule has 0 aliphatic carbocycles. The van der Waals surface area contributed by atoms with Gasteiger partial charge in [-0.2, -0.15) is 0 Å². The summed E-state index contributed by atoms with van der Waals surface area (Å²) in [5.74, 6) is 0.518. The predicted octanol–water partition coefficient (Wildman–Crippen LogP) is 1.47. The zero-order chi connectivity index (χ0) is 12.3. The highest BCUT2D eigenvalue weighted by molar-refractivity contribution is 5.07. The molecule has 0 bridgehead atoms. The molecule has 1 aromatic rings. The first-order valence-electron chi connectivity index (χ1n) is 6.17. The van der Waals surface area contributed by atoms with Gasteiger partial charge in [0.2, 0.25) is 0 Å². The summed E-state index contributed by atoms with van der Waals surface area (Å²) in [5, 5.41) is 0. The summed E-state index contributed by atoms with van der Waals surface area (Å²) < 4.78 is 10.6. The Kier molecular flexibility index (Phi) is 3.86. The van der Waals surface area contributed by atoms with Crippen LogP contribution in [0.3, 0.4) is 0 Å². The Morgan fingerprint density at radius 1 is 1.59 bits per heavy atom. The summed E-state index contributed by atoms with van der Waals surface area (Å²) >= 11 is 0. The van der Waals surface area contributed by atoms with E-state index < -0.39 is 0 Å². The second-order valence-electron chi connectivity index (χ2n) is 5.11. The van der Waals surface area contributed by atoms with Crippen molar-refractivity contribution in [2.45, 2.75) is 25.4 Å². The molecule has 0 saturated carbocycles. The Hall–Kier alpha value is -0.840. The van der Waals surface area contributed by atoms with Gasteiger partial charge in [0.1, 0.15) is 0 Å². The summed E-state index contributed by atoms with van der Waals surface area (Å²) in [6, 6.07) is 2.00. The Bertz CT molecular complexity index is 333. The second kappa shape index (κ2) is 5.21. The van der Waals surface area contributed by atoms with Gasteiger partial charge in [0.15, 0.2) is 0 Å². The minimum Gasteiger partial charge on any atom is -0.472 e. The zero-order valence-corrected chi connectivity index (χ0v) is 10.7. The molecular weight excluding hydrogens is 216 g/mol. The van der Waals surface area contributed by atoms with Crippen LogP contribution in [0.25, 0.3) is 0 Å². The van der Waals surface area contributed by atoms with Crippen LogP contribution in [0.2, 0.25) is 0 Å². The molecule has 1 fully saturated rings. The van der Waals surface area contributed by atoms with Gasteiger partial charge in [-0.05, 0) is 26.5 Å². The van der Waals surface area contributed by atoms with Crippen molar-refractivity contribution < 1.29 is 9.15 Å². The molecule has 96 valence electrons. The number of ether oxygens (including phenoxy) is 1. The monoisotopic (exact) mass is 238 g/mol. The number of hydrogen-bond donors (Lipinski definition) is 1. The van der Waals surface area contributed by atoms with Crippen LogP contribution in [0.5, 0.6) is 0 Å². The third-order valence-corrected chi connectivity index (χ3v) is 4.09. The van der Waals surface area contributed by atoms with E-state index in [0.717, 1.165) is 26.2 Å². The summed E-state index contributed by atoms with van der Waals surface area (Å²) in [6.45, 7) is 5.42. The highest BCUT2D eigenvalue weighted by Crippen LogP contribution is 2.30. The van der Waals surface area contributed by atoms with Crippen LogP contribution in [0, 0.1) is 5.92 Å². The number of furan rings is 1. The van der Waals surface area contributed by atoms with Gasteiger partial charge in [-0.25, -0.2) is 0 Å². The first kappa shape index (κ1) is 12.6. The molecule has 2 N–H and O–H groups in total. The standard InChI is InChI=1S/C13H22N2O2/c1-13(10-14,12-4-6-17-9-12)15(2)7-11-3-5-16-8-11/h3,5,8,12H,4,6-7,9-10,14H2,1-2H3. The summed E-state index contributed by atoms with van der Waals surface area (Å²) in [5.41, 5.74) is 7.18. The lowest BCUT2D eigenvalue weighted by molar-refractivity contribution is 0.0608. The lowest BCUT2D eigenvalue weighted by atomic mass is 9.83. The normalized spacial score (nSPS) is 24.1. The van der Waals surface area contributed by atoms with Crippen LogP contribution >= 0.6 is 0 Å². The average molecular weight is 238 g/mol. The maximum Gasteiger partial charge on any atom is 0.0947 e. The van der Waals surface area contributed by atoms with Crippen molar-refractivity contribution in [1.29, 1.82) is 0 Å². The fraction of sp³-hybridized carbons (Fsp3) is 0.692. The van der Waals surface area contributed by atoms with Crippen LogP contribution in [0.1, 0.15) is 18.9 Å². The highest BCUT2D eigenvalue weighted by atomic mass is 16.5. The molecule has 2 rings (SSSR count). The van der Waals surface area contributed by atoms with Crippen molar-refractivity contribution in [3.8, 4) is 0 Å². The van der Waals surface area contributed by atoms with E-state index >= 15 is 0 Å². The quantitative estimate of drug-likeness (QED) is 0.844. The first-order valence-corrected chi connectivity index (χ1v) is 6.17. The molecular formula is C13H22N2O2. The van der Waals surface area contributed by atoms with E-state index in [4.69, 9.17) is 14.9 Å². The Morgan fingerprint density at radius 2 is 2.41 bits per heavy atom. The molecule has 0 aromatic carbocycles. The molecule has 2 heterocycles. The predicted molar refractivity (Wildman–Crippen MR) is 66.6 cm³/mol. The fourth-order valence-electron chi connectivity index (χ4n) is 2.50.